The van der Waals surface area contributed by atoms with Crippen molar-refractivity contribution >= 4 is 39.3 Å². The summed E-state index contributed by atoms with van der Waals surface area (Å²) in [6, 6.07) is 7.56. The zero-order chi connectivity index (χ0) is 20.8. The predicted octanol–water partition coefficient (Wildman–Crippen LogP) is 2.19. The number of hydrogen-bond acceptors (Lipinski definition) is 4. The zero-order valence-corrected chi connectivity index (χ0v) is 18.3. The van der Waals surface area contributed by atoms with Gasteiger partial charge in [-0.2, -0.15) is 0 Å². The Hall–Kier alpha value is -1.93. The molecule has 0 radical (unpaired) electrons. The number of amides is 3. The number of hydrogen-bond donors (Lipinski definition) is 1. The number of nitrogens with zero attached hydrogens (tertiary/aromatic N) is 2. The lowest BCUT2D eigenvalue weighted by Gasteiger charge is -2.33. The maximum absolute atomic E-state index is 12.9. The first kappa shape index (κ1) is 21.8. The maximum Gasteiger partial charge on any atom is 0.228 e. The highest BCUT2D eigenvalue weighted by atomic mass is 79.9. The third kappa shape index (κ3) is 5.57. The first-order valence-corrected chi connectivity index (χ1v) is 10.9. The van der Waals surface area contributed by atoms with Gasteiger partial charge in [0.2, 0.25) is 17.7 Å². The van der Waals surface area contributed by atoms with E-state index in [-0.39, 0.29) is 36.0 Å². The molecular formula is C21H28BrN3O4. The van der Waals surface area contributed by atoms with Crippen LogP contribution in [0.25, 0.3) is 0 Å². The van der Waals surface area contributed by atoms with Gasteiger partial charge in [-0.05, 0) is 37.5 Å². The van der Waals surface area contributed by atoms with Crippen LogP contribution in [0.3, 0.4) is 0 Å². The summed E-state index contributed by atoms with van der Waals surface area (Å²) in [5, 5.41) is 2.94. The summed E-state index contributed by atoms with van der Waals surface area (Å²) >= 11 is 3.42. The van der Waals surface area contributed by atoms with Crippen LogP contribution in [0.2, 0.25) is 0 Å². The second-order valence-corrected chi connectivity index (χ2v) is 8.54. The molecule has 0 saturated carbocycles. The highest BCUT2D eigenvalue weighted by molar-refractivity contribution is 9.10. The number of rotatable bonds is 7. The molecule has 1 atom stereocenters. The normalized spacial score (nSPS) is 20.2. The molecule has 1 aromatic rings. The van der Waals surface area contributed by atoms with Crippen LogP contribution < -0.4 is 10.2 Å². The minimum atomic E-state index is -0.319. The molecule has 8 heteroatoms. The molecule has 7 nitrogen and oxygen atoms in total. The quantitative estimate of drug-likeness (QED) is 0.625. The van der Waals surface area contributed by atoms with E-state index >= 15 is 0 Å². The molecule has 3 rings (SSSR count). The van der Waals surface area contributed by atoms with E-state index in [2.05, 4.69) is 21.2 Å². The van der Waals surface area contributed by atoms with E-state index in [9.17, 15) is 14.4 Å². The summed E-state index contributed by atoms with van der Waals surface area (Å²) in [4.78, 5) is 41.1. The number of methoxy groups -OCH3 is 1. The van der Waals surface area contributed by atoms with E-state index in [1.807, 2.05) is 29.2 Å². The SMILES string of the molecule is COCCCNC(=O)C1CCN(C(=O)C2CC(=O)N(c3cccc(Br)c3)C2)CC1. The van der Waals surface area contributed by atoms with Gasteiger partial charge < -0.3 is 19.9 Å². The summed E-state index contributed by atoms with van der Waals surface area (Å²) in [5.74, 6) is -0.308. The molecule has 0 bridgehead atoms. The summed E-state index contributed by atoms with van der Waals surface area (Å²) in [6.45, 7) is 2.78. The third-order valence-electron chi connectivity index (χ3n) is 5.60. The smallest absolute Gasteiger partial charge is 0.228 e. The molecule has 158 valence electrons. The van der Waals surface area contributed by atoms with Gasteiger partial charge in [0.25, 0.3) is 0 Å². The number of halogens is 1. The minimum Gasteiger partial charge on any atom is -0.385 e. The standard InChI is InChI=1S/C21H28BrN3O4/c1-29-11-3-8-23-20(27)15-6-9-24(10-7-15)21(28)16-12-19(26)25(14-16)18-5-2-4-17(22)13-18/h2,4-5,13,15-16H,3,6-12,14H2,1H3,(H,23,27). The van der Waals surface area contributed by atoms with E-state index in [0.717, 1.165) is 16.6 Å². The number of nitrogens with one attached hydrogen (secondary N) is 1. The van der Waals surface area contributed by atoms with Crippen LogP contribution in [0.4, 0.5) is 5.69 Å². The van der Waals surface area contributed by atoms with Crippen molar-refractivity contribution in [1.29, 1.82) is 0 Å². The lowest BCUT2D eigenvalue weighted by atomic mass is 9.94. The summed E-state index contributed by atoms with van der Waals surface area (Å²) in [7, 11) is 1.64. The van der Waals surface area contributed by atoms with Crippen molar-refractivity contribution in [3.8, 4) is 0 Å². The Morgan fingerprint density at radius 2 is 2.00 bits per heavy atom. The van der Waals surface area contributed by atoms with Crippen LogP contribution in [-0.4, -0.2) is 62.5 Å². The second kappa shape index (κ2) is 10.2. The molecular weight excluding hydrogens is 438 g/mol. The topological polar surface area (TPSA) is 79.0 Å². The molecule has 2 saturated heterocycles. The Bertz CT molecular complexity index is 749. The van der Waals surface area contributed by atoms with Gasteiger partial charge in [-0.1, -0.05) is 22.0 Å². The molecule has 29 heavy (non-hydrogen) atoms. The van der Waals surface area contributed by atoms with Crippen LogP contribution in [0, 0.1) is 11.8 Å². The zero-order valence-electron chi connectivity index (χ0n) is 16.7. The van der Waals surface area contributed by atoms with Gasteiger partial charge in [0.05, 0.1) is 5.92 Å². The molecule has 2 aliphatic rings. The Morgan fingerprint density at radius 3 is 2.69 bits per heavy atom. The van der Waals surface area contributed by atoms with Crippen molar-refractivity contribution in [2.45, 2.75) is 25.7 Å². The van der Waals surface area contributed by atoms with Crippen LogP contribution >= 0.6 is 15.9 Å². The second-order valence-electron chi connectivity index (χ2n) is 7.62. The number of piperidine rings is 1. The minimum absolute atomic E-state index is 0.0215. The third-order valence-corrected chi connectivity index (χ3v) is 6.09. The van der Waals surface area contributed by atoms with Crippen molar-refractivity contribution in [2.75, 3.05) is 44.8 Å². The number of likely N-dealkylation sites (tertiary alicyclic amines) is 1. The summed E-state index contributed by atoms with van der Waals surface area (Å²) in [6.07, 6.45) is 2.37. The van der Waals surface area contributed by atoms with Gasteiger partial charge in [0.15, 0.2) is 0 Å². The summed E-state index contributed by atoms with van der Waals surface area (Å²) < 4.78 is 5.89. The lowest BCUT2D eigenvalue weighted by molar-refractivity contribution is -0.139. The van der Waals surface area contributed by atoms with E-state index in [0.29, 0.717) is 45.6 Å². The van der Waals surface area contributed by atoms with E-state index in [4.69, 9.17) is 4.74 Å². The Labute approximate surface area is 179 Å². The van der Waals surface area contributed by atoms with E-state index < -0.39 is 0 Å². The Morgan fingerprint density at radius 1 is 1.24 bits per heavy atom. The molecule has 1 aromatic carbocycles. The number of anilines is 1. The molecule has 1 N–H and O–H groups in total. The van der Waals surface area contributed by atoms with Crippen LogP contribution in [0.5, 0.6) is 0 Å². The van der Waals surface area contributed by atoms with Crippen molar-refractivity contribution < 1.29 is 19.1 Å². The van der Waals surface area contributed by atoms with Gasteiger partial charge >= 0.3 is 0 Å². The predicted molar refractivity (Wildman–Crippen MR) is 113 cm³/mol. The van der Waals surface area contributed by atoms with Crippen LogP contribution in [0.15, 0.2) is 28.7 Å². The Balaban J connectivity index is 1.48. The average molecular weight is 466 g/mol. The molecule has 0 aliphatic carbocycles. The van der Waals surface area contributed by atoms with Crippen molar-refractivity contribution in [3.05, 3.63) is 28.7 Å². The fourth-order valence-electron chi connectivity index (χ4n) is 3.96. The lowest BCUT2D eigenvalue weighted by Crippen LogP contribution is -2.45. The Kier molecular flexibility index (Phi) is 7.66. The number of carbonyl (C=O) groups excluding carboxylic acids is 3. The molecule has 0 aromatic heterocycles. The maximum atomic E-state index is 12.9. The number of benzene rings is 1. The van der Waals surface area contributed by atoms with Crippen molar-refractivity contribution in [1.82, 2.24) is 10.2 Å². The van der Waals surface area contributed by atoms with Gasteiger partial charge in [0, 0.05) is 62.4 Å². The molecule has 2 aliphatic heterocycles. The molecule has 0 spiro atoms. The molecule has 2 heterocycles. The van der Waals surface area contributed by atoms with Crippen molar-refractivity contribution in [3.63, 3.8) is 0 Å². The molecule has 2 fully saturated rings. The van der Waals surface area contributed by atoms with Crippen molar-refractivity contribution in [2.24, 2.45) is 11.8 Å². The molecule has 1 unspecified atom stereocenters. The average Bonchev–Trinajstić information content (AvgIpc) is 3.12. The van der Waals surface area contributed by atoms with Crippen LogP contribution in [-0.2, 0) is 19.1 Å². The highest BCUT2D eigenvalue weighted by Crippen LogP contribution is 2.29. The van der Waals surface area contributed by atoms with E-state index in [1.165, 1.54) is 0 Å². The van der Waals surface area contributed by atoms with Gasteiger partial charge in [-0.25, -0.2) is 0 Å². The number of ether oxygens (including phenoxy) is 1. The monoisotopic (exact) mass is 465 g/mol. The fraction of sp³-hybridized carbons (Fsp3) is 0.571. The fourth-order valence-corrected chi connectivity index (χ4v) is 4.35. The van der Waals surface area contributed by atoms with Gasteiger partial charge in [-0.15, -0.1) is 0 Å². The highest BCUT2D eigenvalue weighted by Gasteiger charge is 2.38. The van der Waals surface area contributed by atoms with Gasteiger partial charge in [0.1, 0.15) is 0 Å². The largest absolute Gasteiger partial charge is 0.385 e. The van der Waals surface area contributed by atoms with Gasteiger partial charge in [-0.3, -0.25) is 14.4 Å². The van der Waals surface area contributed by atoms with E-state index in [1.54, 1.807) is 12.0 Å². The summed E-state index contributed by atoms with van der Waals surface area (Å²) in [5.41, 5.74) is 0.809. The first-order chi connectivity index (χ1) is 14.0. The molecule has 3 amide bonds. The number of carbonyl (C=O) groups is 3. The van der Waals surface area contributed by atoms with Crippen LogP contribution in [0.1, 0.15) is 25.7 Å². The first-order valence-electron chi connectivity index (χ1n) is 10.1.